The van der Waals surface area contributed by atoms with Crippen molar-refractivity contribution in [1.82, 2.24) is 0 Å². The lowest BCUT2D eigenvalue weighted by Gasteiger charge is -2.26. The molecule has 0 radical (unpaired) electrons. The molecule has 0 amide bonds. The number of benzene rings is 3. The number of ether oxygens (including phenoxy) is 2. The first kappa shape index (κ1) is 28.0. The van der Waals surface area contributed by atoms with Crippen LogP contribution >= 0.6 is 7.26 Å². The highest BCUT2D eigenvalue weighted by Crippen LogP contribution is 2.55. The van der Waals surface area contributed by atoms with E-state index in [4.69, 9.17) is 9.47 Å². The Labute approximate surface area is 216 Å². The fourth-order valence-electron chi connectivity index (χ4n) is 4.06. The van der Waals surface area contributed by atoms with Crippen LogP contribution in [0.4, 0.5) is 0 Å². The van der Waals surface area contributed by atoms with Crippen LogP contribution in [0.3, 0.4) is 0 Å². The predicted octanol–water partition coefficient (Wildman–Crippen LogP) is 3.05. The molecule has 0 atom stereocenters. The van der Waals surface area contributed by atoms with Crippen LogP contribution in [0.1, 0.15) is 13.8 Å². The predicted molar refractivity (Wildman–Crippen MR) is 144 cm³/mol. The molecule has 0 saturated carbocycles. The van der Waals surface area contributed by atoms with Crippen LogP contribution in [-0.4, -0.2) is 26.7 Å². The summed E-state index contributed by atoms with van der Waals surface area (Å²) in [4.78, 5) is 0. The molecule has 0 saturated heterocycles. The van der Waals surface area contributed by atoms with Gasteiger partial charge < -0.3 is 26.5 Å². The van der Waals surface area contributed by atoms with Crippen LogP contribution in [0.2, 0.25) is 0 Å². The van der Waals surface area contributed by atoms with Crippen molar-refractivity contribution in [3.8, 4) is 0 Å². The Bertz CT molecular complexity index is 976. The average Bonchev–Trinajstić information content (AvgIpc) is 2.87. The normalized spacial score (nSPS) is 12.7. The molecule has 4 heteroatoms. The molecule has 0 aliphatic heterocycles. The van der Waals surface area contributed by atoms with Crippen LogP contribution < -0.4 is 32.9 Å². The molecular formula is C30H34BrO2P. The summed E-state index contributed by atoms with van der Waals surface area (Å²) in [6, 6.07) is 32.9. The maximum Gasteiger partial charge on any atom is 0.179 e. The zero-order valence-electron chi connectivity index (χ0n) is 20.4. The first-order chi connectivity index (χ1) is 16.1. The Morgan fingerprint density at radius 3 is 1.53 bits per heavy atom. The minimum atomic E-state index is -1.85. The van der Waals surface area contributed by atoms with Gasteiger partial charge in [0, 0.05) is 14.2 Å². The summed E-state index contributed by atoms with van der Waals surface area (Å²) in [5.74, 6) is 0. The van der Waals surface area contributed by atoms with E-state index in [1.807, 2.05) is 13.0 Å². The molecule has 0 aliphatic rings. The largest absolute Gasteiger partial charge is 1.00 e. The SMILES string of the molecule is COC(OC)C(C)=CC=CC(C)=CC[P+](c1ccccc1)(c1ccccc1)c1ccccc1.[Br-]. The molecule has 34 heavy (non-hydrogen) atoms. The summed E-state index contributed by atoms with van der Waals surface area (Å²) < 4.78 is 10.6. The van der Waals surface area contributed by atoms with Crippen LogP contribution in [0.5, 0.6) is 0 Å². The van der Waals surface area contributed by atoms with E-state index < -0.39 is 7.26 Å². The number of halogens is 1. The van der Waals surface area contributed by atoms with Crippen LogP contribution in [-0.2, 0) is 9.47 Å². The number of hydrogen-bond donors (Lipinski definition) is 0. The molecule has 0 bridgehead atoms. The van der Waals surface area contributed by atoms with E-state index >= 15 is 0 Å². The number of rotatable bonds is 10. The fraction of sp³-hybridized carbons (Fsp3) is 0.200. The molecule has 0 spiro atoms. The second-order valence-corrected chi connectivity index (χ2v) is 11.6. The molecule has 0 aromatic heterocycles. The molecule has 0 fully saturated rings. The zero-order chi connectivity index (χ0) is 23.5. The lowest BCUT2D eigenvalue weighted by Crippen LogP contribution is -3.00. The van der Waals surface area contributed by atoms with E-state index in [-0.39, 0.29) is 23.3 Å². The topological polar surface area (TPSA) is 18.5 Å². The van der Waals surface area contributed by atoms with Crippen molar-refractivity contribution in [3.63, 3.8) is 0 Å². The van der Waals surface area contributed by atoms with Crippen molar-refractivity contribution in [2.45, 2.75) is 20.1 Å². The standard InChI is InChI=1S/C30H34O2P.BrH/c1-25(15-14-16-26(2)30(31-3)32-4)23-24-33(27-17-8-5-9-18-27,28-19-10-6-11-20-28)29-21-12-7-13-22-29;/h5-23,30H,24H2,1-4H3;1H/q+1;/p-1. The summed E-state index contributed by atoms with van der Waals surface area (Å²) in [6.07, 6.45) is 9.30. The van der Waals surface area contributed by atoms with E-state index in [1.165, 1.54) is 21.5 Å². The van der Waals surface area contributed by atoms with Gasteiger partial charge >= 0.3 is 0 Å². The summed E-state index contributed by atoms with van der Waals surface area (Å²) in [5, 5.41) is 4.19. The van der Waals surface area contributed by atoms with Gasteiger partial charge in [-0.2, -0.15) is 0 Å². The first-order valence-corrected chi connectivity index (χ1v) is 13.2. The van der Waals surface area contributed by atoms with Gasteiger partial charge in [0.2, 0.25) is 0 Å². The van der Waals surface area contributed by atoms with Gasteiger partial charge in [0.15, 0.2) is 6.29 Å². The van der Waals surface area contributed by atoms with E-state index in [1.54, 1.807) is 14.2 Å². The summed E-state index contributed by atoms with van der Waals surface area (Å²) in [6.45, 7) is 4.18. The lowest BCUT2D eigenvalue weighted by atomic mass is 10.2. The van der Waals surface area contributed by atoms with E-state index in [0.717, 1.165) is 11.7 Å². The zero-order valence-corrected chi connectivity index (χ0v) is 22.9. The Hall–Kier alpha value is -2.29. The monoisotopic (exact) mass is 536 g/mol. The molecule has 0 aliphatic carbocycles. The molecule has 178 valence electrons. The first-order valence-electron chi connectivity index (χ1n) is 11.2. The maximum atomic E-state index is 5.32. The number of allylic oxidation sites excluding steroid dienone is 5. The van der Waals surface area contributed by atoms with Gasteiger partial charge in [-0.05, 0) is 61.9 Å². The molecule has 2 nitrogen and oxygen atoms in total. The van der Waals surface area contributed by atoms with Crippen LogP contribution in [0.25, 0.3) is 0 Å². The highest BCUT2D eigenvalue weighted by molar-refractivity contribution is 7.95. The van der Waals surface area contributed by atoms with Crippen molar-refractivity contribution >= 4 is 23.2 Å². The van der Waals surface area contributed by atoms with Gasteiger partial charge in [-0.15, -0.1) is 0 Å². The maximum absolute atomic E-state index is 5.32. The molecule has 3 rings (SSSR count). The van der Waals surface area contributed by atoms with Gasteiger partial charge in [-0.1, -0.05) is 78.4 Å². The number of methoxy groups -OCH3 is 2. The minimum Gasteiger partial charge on any atom is -1.00 e. The second-order valence-electron chi connectivity index (χ2n) is 8.02. The molecule has 0 N–H and O–H groups in total. The van der Waals surface area contributed by atoms with Gasteiger partial charge in [-0.3, -0.25) is 0 Å². The molecule has 3 aromatic carbocycles. The fourth-order valence-corrected chi connectivity index (χ4v) is 8.19. The highest BCUT2D eigenvalue weighted by atomic mass is 79.9. The summed E-state index contributed by atoms with van der Waals surface area (Å²) >= 11 is 0. The lowest BCUT2D eigenvalue weighted by molar-refractivity contribution is -0.0746. The van der Waals surface area contributed by atoms with Gasteiger partial charge in [0.1, 0.15) is 23.2 Å². The third-order valence-electron chi connectivity index (χ3n) is 5.80. The van der Waals surface area contributed by atoms with Crippen molar-refractivity contribution in [2.75, 3.05) is 20.4 Å². The van der Waals surface area contributed by atoms with Gasteiger partial charge in [0.25, 0.3) is 0 Å². The Morgan fingerprint density at radius 1 is 0.735 bits per heavy atom. The summed E-state index contributed by atoms with van der Waals surface area (Å²) in [5.41, 5.74) is 2.27. The highest BCUT2D eigenvalue weighted by Gasteiger charge is 2.44. The van der Waals surface area contributed by atoms with Crippen molar-refractivity contribution in [3.05, 3.63) is 126 Å². The average molecular weight is 537 g/mol. The van der Waals surface area contributed by atoms with Crippen molar-refractivity contribution in [2.24, 2.45) is 0 Å². The van der Waals surface area contributed by atoms with Crippen molar-refractivity contribution < 1.29 is 26.5 Å². The molecule has 3 aromatic rings. The van der Waals surface area contributed by atoms with E-state index in [9.17, 15) is 0 Å². The van der Waals surface area contributed by atoms with Crippen LogP contribution in [0, 0.1) is 0 Å². The Morgan fingerprint density at radius 2 is 1.15 bits per heavy atom. The Kier molecular flexibility index (Phi) is 11.7. The minimum absolute atomic E-state index is 0. The molecule has 0 heterocycles. The van der Waals surface area contributed by atoms with E-state index in [2.05, 4.69) is 116 Å². The second kappa shape index (κ2) is 14.2. The van der Waals surface area contributed by atoms with Gasteiger partial charge in [0.05, 0.1) is 6.16 Å². The third kappa shape index (κ3) is 6.87. The smallest absolute Gasteiger partial charge is 0.179 e. The van der Waals surface area contributed by atoms with Crippen molar-refractivity contribution in [1.29, 1.82) is 0 Å². The van der Waals surface area contributed by atoms with Crippen LogP contribution in [0.15, 0.2) is 126 Å². The number of hydrogen-bond acceptors (Lipinski definition) is 2. The third-order valence-corrected chi connectivity index (χ3v) is 10.1. The van der Waals surface area contributed by atoms with Gasteiger partial charge in [-0.25, -0.2) is 0 Å². The molecular weight excluding hydrogens is 503 g/mol. The Balaban J connectivity index is 0.00000408. The summed E-state index contributed by atoms with van der Waals surface area (Å²) in [7, 11) is 1.46. The quantitative estimate of drug-likeness (QED) is 0.225. The van der Waals surface area contributed by atoms with E-state index in [0.29, 0.717) is 0 Å². The molecule has 0 unspecified atom stereocenters.